The van der Waals surface area contributed by atoms with Crippen LogP contribution >= 0.6 is 23.2 Å². The number of aliphatic imine (C=N–C) groups is 1. The van der Waals surface area contributed by atoms with E-state index in [1.54, 1.807) is 18.3 Å². The van der Waals surface area contributed by atoms with E-state index in [1.807, 2.05) is 24.3 Å². The molecular formula is C20H20Cl2N2O4. The van der Waals surface area contributed by atoms with Crippen molar-refractivity contribution >= 4 is 46.8 Å². The molecule has 148 valence electrons. The van der Waals surface area contributed by atoms with Crippen LogP contribution in [0.3, 0.4) is 0 Å². The molecule has 0 bridgehead atoms. The van der Waals surface area contributed by atoms with E-state index in [9.17, 15) is 4.79 Å². The van der Waals surface area contributed by atoms with Crippen molar-refractivity contribution in [2.24, 2.45) is 4.99 Å². The Kier molecular flexibility index (Phi) is 7.14. The second kappa shape index (κ2) is 9.78. The van der Waals surface area contributed by atoms with Crippen molar-refractivity contribution in [3.8, 4) is 5.75 Å². The van der Waals surface area contributed by atoms with Crippen LogP contribution in [-0.2, 0) is 14.3 Å². The maximum absolute atomic E-state index is 11.2. The van der Waals surface area contributed by atoms with E-state index in [-0.39, 0.29) is 12.4 Å². The van der Waals surface area contributed by atoms with Gasteiger partial charge in [0.05, 0.1) is 36.1 Å². The smallest absolute Gasteiger partial charge is 0.343 e. The van der Waals surface area contributed by atoms with E-state index < -0.39 is 5.97 Å². The summed E-state index contributed by atoms with van der Waals surface area (Å²) in [7, 11) is 1.28. The third-order valence-corrected chi connectivity index (χ3v) is 4.73. The molecule has 1 saturated heterocycles. The van der Waals surface area contributed by atoms with E-state index in [0.717, 1.165) is 43.2 Å². The monoisotopic (exact) mass is 422 g/mol. The number of carbonyl (C=O) groups is 1. The highest BCUT2D eigenvalue weighted by molar-refractivity contribution is 6.37. The Balaban J connectivity index is 1.67. The molecule has 0 N–H and O–H groups in total. The molecule has 0 amide bonds. The number of ether oxygens (including phenoxy) is 3. The maximum Gasteiger partial charge on any atom is 0.343 e. The van der Waals surface area contributed by atoms with Gasteiger partial charge >= 0.3 is 5.97 Å². The van der Waals surface area contributed by atoms with Gasteiger partial charge in [-0.15, -0.1) is 0 Å². The van der Waals surface area contributed by atoms with Crippen molar-refractivity contribution in [3.05, 3.63) is 52.0 Å². The number of rotatable bonds is 6. The molecule has 0 atom stereocenters. The summed E-state index contributed by atoms with van der Waals surface area (Å²) < 4.78 is 15.2. The van der Waals surface area contributed by atoms with Gasteiger partial charge in [-0.3, -0.25) is 4.99 Å². The zero-order chi connectivity index (χ0) is 19.9. The first-order valence-electron chi connectivity index (χ1n) is 8.72. The molecule has 0 aromatic heterocycles. The maximum atomic E-state index is 11.2. The van der Waals surface area contributed by atoms with Crippen LogP contribution in [0.15, 0.2) is 41.4 Å². The number of methoxy groups -OCH3 is 1. The van der Waals surface area contributed by atoms with E-state index in [1.165, 1.54) is 7.11 Å². The fraction of sp³-hybridized carbons (Fsp3) is 0.300. The lowest BCUT2D eigenvalue weighted by atomic mass is 10.2. The molecule has 0 unspecified atom stereocenters. The SMILES string of the molecule is COC(=O)COc1c(Cl)cc(C=Nc2ccc(N3CCOCC3)cc2)cc1Cl. The van der Waals surface area contributed by atoms with Crippen LogP contribution in [0.25, 0.3) is 0 Å². The first-order valence-corrected chi connectivity index (χ1v) is 9.48. The number of carbonyl (C=O) groups excluding carboxylic acids is 1. The molecule has 1 aliphatic rings. The van der Waals surface area contributed by atoms with Crippen LogP contribution in [0.2, 0.25) is 10.0 Å². The highest BCUT2D eigenvalue weighted by Crippen LogP contribution is 2.34. The summed E-state index contributed by atoms with van der Waals surface area (Å²) in [5.74, 6) is -0.279. The topological polar surface area (TPSA) is 60.4 Å². The van der Waals surface area contributed by atoms with E-state index in [2.05, 4.69) is 14.6 Å². The average molecular weight is 423 g/mol. The number of hydrogen-bond donors (Lipinski definition) is 0. The Morgan fingerprint density at radius 1 is 1.18 bits per heavy atom. The van der Waals surface area contributed by atoms with Crippen LogP contribution in [0, 0.1) is 0 Å². The number of nitrogens with zero attached hydrogens (tertiary/aromatic N) is 2. The summed E-state index contributed by atoms with van der Waals surface area (Å²) >= 11 is 12.4. The molecule has 28 heavy (non-hydrogen) atoms. The first-order chi connectivity index (χ1) is 13.6. The third kappa shape index (κ3) is 5.38. The fourth-order valence-corrected chi connectivity index (χ4v) is 3.32. The Bertz CT molecular complexity index is 827. The summed E-state index contributed by atoms with van der Waals surface area (Å²) in [5, 5.41) is 0.584. The second-order valence-corrected chi connectivity index (χ2v) is 6.87. The van der Waals surface area contributed by atoms with Crippen molar-refractivity contribution in [1.82, 2.24) is 0 Å². The molecule has 6 nitrogen and oxygen atoms in total. The fourth-order valence-electron chi connectivity index (χ4n) is 2.70. The van der Waals surface area contributed by atoms with Crippen molar-refractivity contribution < 1.29 is 19.0 Å². The Morgan fingerprint density at radius 2 is 1.82 bits per heavy atom. The molecule has 3 rings (SSSR count). The minimum atomic E-state index is -0.515. The van der Waals surface area contributed by atoms with Crippen LogP contribution in [0.1, 0.15) is 5.56 Å². The molecule has 8 heteroatoms. The van der Waals surface area contributed by atoms with Crippen molar-refractivity contribution in [2.45, 2.75) is 0 Å². The van der Waals surface area contributed by atoms with Crippen molar-refractivity contribution in [2.75, 3.05) is 44.9 Å². The molecule has 0 aliphatic carbocycles. The third-order valence-electron chi connectivity index (χ3n) is 4.17. The molecule has 0 saturated carbocycles. The largest absolute Gasteiger partial charge is 0.479 e. The lowest BCUT2D eigenvalue weighted by Crippen LogP contribution is -2.36. The van der Waals surface area contributed by atoms with Gasteiger partial charge in [-0.1, -0.05) is 23.2 Å². The van der Waals surface area contributed by atoms with Gasteiger partial charge in [-0.05, 0) is 42.0 Å². The minimum Gasteiger partial charge on any atom is -0.479 e. The molecule has 2 aromatic carbocycles. The van der Waals surface area contributed by atoms with Gasteiger partial charge in [0.2, 0.25) is 0 Å². The summed E-state index contributed by atoms with van der Waals surface area (Å²) in [5.41, 5.74) is 2.69. The van der Waals surface area contributed by atoms with Gasteiger partial charge in [0, 0.05) is 25.0 Å². The lowest BCUT2D eigenvalue weighted by molar-refractivity contribution is -0.142. The zero-order valence-electron chi connectivity index (χ0n) is 15.4. The van der Waals surface area contributed by atoms with Gasteiger partial charge < -0.3 is 19.1 Å². The average Bonchev–Trinajstić information content (AvgIpc) is 2.72. The number of anilines is 1. The molecule has 1 heterocycles. The normalized spacial score (nSPS) is 14.3. The van der Waals surface area contributed by atoms with Crippen molar-refractivity contribution in [3.63, 3.8) is 0 Å². The highest BCUT2D eigenvalue weighted by Gasteiger charge is 2.12. The summed E-state index contributed by atoms with van der Waals surface area (Å²) in [6.07, 6.45) is 1.67. The Morgan fingerprint density at radius 3 is 2.43 bits per heavy atom. The van der Waals surface area contributed by atoms with E-state index in [4.69, 9.17) is 32.7 Å². The van der Waals surface area contributed by atoms with Gasteiger partial charge in [0.15, 0.2) is 12.4 Å². The lowest BCUT2D eigenvalue weighted by Gasteiger charge is -2.28. The molecule has 0 radical (unpaired) electrons. The molecule has 2 aromatic rings. The molecule has 1 fully saturated rings. The van der Waals surface area contributed by atoms with Crippen LogP contribution < -0.4 is 9.64 Å². The second-order valence-electron chi connectivity index (χ2n) is 6.05. The quantitative estimate of drug-likeness (QED) is 0.517. The Hall–Kier alpha value is -2.28. The number of hydrogen-bond acceptors (Lipinski definition) is 6. The Labute approximate surface area is 173 Å². The highest BCUT2D eigenvalue weighted by atomic mass is 35.5. The molecular weight excluding hydrogens is 403 g/mol. The van der Waals surface area contributed by atoms with Gasteiger partial charge in [-0.25, -0.2) is 4.79 Å². The number of halogens is 2. The predicted molar refractivity (Wildman–Crippen MR) is 111 cm³/mol. The van der Waals surface area contributed by atoms with Crippen LogP contribution in [0.5, 0.6) is 5.75 Å². The summed E-state index contributed by atoms with van der Waals surface area (Å²) in [6, 6.07) is 11.3. The van der Waals surface area contributed by atoms with Gasteiger partial charge in [0.1, 0.15) is 0 Å². The summed E-state index contributed by atoms with van der Waals surface area (Å²) in [6.45, 7) is 3.02. The minimum absolute atomic E-state index is 0.237. The van der Waals surface area contributed by atoms with Gasteiger partial charge in [0.25, 0.3) is 0 Å². The molecule has 1 aliphatic heterocycles. The van der Waals surface area contributed by atoms with Gasteiger partial charge in [-0.2, -0.15) is 0 Å². The standard InChI is InChI=1S/C20H20Cl2N2O4/c1-26-19(25)13-28-20-17(21)10-14(11-18(20)22)12-23-15-2-4-16(5-3-15)24-6-8-27-9-7-24/h2-5,10-12H,6-9,13H2,1H3. The zero-order valence-corrected chi connectivity index (χ0v) is 16.9. The van der Waals surface area contributed by atoms with Crippen LogP contribution in [-0.4, -0.2) is 52.2 Å². The van der Waals surface area contributed by atoms with E-state index in [0.29, 0.717) is 10.0 Å². The first kappa shape index (κ1) is 20.5. The van der Waals surface area contributed by atoms with Crippen molar-refractivity contribution in [1.29, 1.82) is 0 Å². The van der Waals surface area contributed by atoms with E-state index >= 15 is 0 Å². The van der Waals surface area contributed by atoms with Crippen LogP contribution in [0.4, 0.5) is 11.4 Å². The number of esters is 1. The molecule has 0 spiro atoms. The number of benzene rings is 2. The number of morpholine rings is 1. The predicted octanol–water partition coefficient (Wildman–Crippen LogP) is 4.13. The summed E-state index contributed by atoms with van der Waals surface area (Å²) in [4.78, 5) is 17.9.